The highest BCUT2D eigenvalue weighted by Crippen LogP contribution is 2.21. The number of likely N-dealkylation sites (N-methyl/N-ethyl adjacent to an activating group) is 1. The zero-order valence-electron chi connectivity index (χ0n) is 16.2. The van der Waals surface area contributed by atoms with Gasteiger partial charge in [-0.1, -0.05) is 84.4 Å². The van der Waals surface area contributed by atoms with Crippen molar-refractivity contribution in [1.82, 2.24) is 5.32 Å². The van der Waals surface area contributed by atoms with Crippen molar-refractivity contribution >= 4 is 17.5 Å². The number of hydrogen-bond acceptors (Lipinski definition) is 1. The Morgan fingerprint density at radius 1 is 0.893 bits per heavy atom. The summed E-state index contributed by atoms with van der Waals surface area (Å²) >= 11 is 5.96. The van der Waals surface area contributed by atoms with Crippen LogP contribution in [0.3, 0.4) is 0 Å². The molecule has 0 aromatic heterocycles. The second-order valence-electron chi connectivity index (χ2n) is 7.13. The van der Waals surface area contributed by atoms with Gasteiger partial charge in [-0.25, -0.2) is 0 Å². The van der Waals surface area contributed by atoms with Crippen LogP contribution in [0.15, 0.2) is 84.9 Å². The van der Waals surface area contributed by atoms with Crippen LogP contribution >= 0.6 is 11.6 Å². The van der Waals surface area contributed by atoms with Crippen molar-refractivity contribution < 1.29 is 9.69 Å². The average molecular weight is 394 g/mol. The minimum Gasteiger partial charge on any atom is -0.340 e. The predicted molar refractivity (Wildman–Crippen MR) is 114 cm³/mol. The molecular weight excluding hydrogens is 368 g/mol. The molecule has 2 atom stereocenters. The lowest BCUT2D eigenvalue weighted by Crippen LogP contribution is -3.12. The van der Waals surface area contributed by atoms with E-state index in [4.69, 9.17) is 11.6 Å². The summed E-state index contributed by atoms with van der Waals surface area (Å²) in [5.74, 6) is 0.0316. The highest BCUT2D eigenvalue weighted by atomic mass is 35.5. The molecule has 1 unspecified atom stereocenters. The third-order valence-electron chi connectivity index (χ3n) is 5.08. The van der Waals surface area contributed by atoms with Gasteiger partial charge in [-0.2, -0.15) is 0 Å². The molecule has 1 amide bonds. The normalized spacial score (nSPS) is 13.1. The Hall–Kier alpha value is -2.62. The smallest absolute Gasteiger partial charge is 0.278 e. The molecule has 3 nitrogen and oxygen atoms in total. The summed E-state index contributed by atoms with van der Waals surface area (Å²) in [7, 11) is 2.04. The molecule has 0 aliphatic carbocycles. The van der Waals surface area contributed by atoms with Gasteiger partial charge in [0.2, 0.25) is 0 Å². The Balaban J connectivity index is 1.73. The van der Waals surface area contributed by atoms with Crippen LogP contribution in [-0.2, 0) is 11.3 Å². The lowest BCUT2D eigenvalue weighted by molar-refractivity contribution is -0.908. The number of quaternary nitrogens is 1. The first-order valence-electron chi connectivity index (χ1n) is 9.51. The highest BCUT2D eigenvalue weighted by molar-refractivity contribution is 6.30. The van der Waals surface area contributed by atoms with Crippen molar-refractivity contribution in [3.8, 4) is 0 Å². The Bertz CT molecular complexity index is 842. The van der Waals surface area contributed by atoms with Gasteiger partial charge in [-0.3, -0.25) is 4.79 Å². The maximum absolute atomic E-state index is 13.0. The fraction of sp³-hybridized carbons (Fsp3) is 0.208. The summed E-state index contributed by atoms with van der Waals surface area (Å²) in [4.78, 5) is 14.2. The quantitative estimate of drug-likeness (QED) is 0.631. The first-order chi connectivity index (χ1) is 13.5. The molecule has 144 valence electrons. The van der Waals surface area contributed by atoms with Gasteiger partial charge in [0.15, 0.2) is 6.04 Å². The maximum atomic E-state index is 13.0. The molecule has 0 saturated carbocycles. The lowest BCUT2D eigenvalue weighted by atomic mass is 9.98. The van der Waals surface area contributed by atoms with Gasteiger partial charge >= 0.3 is 0 Å². The van der Waals surface area contributed by atoms with Gasteiger partial charge < -0.3 is 10.2 Å². The topological polar surface area (TPSA) is 33.5 Å². The standard InChI is InChI=1S/C24H25ClN2O/c1-18(27(2)17-19-13-15-22(25)16-14-19)24(28)26-23(20-9-5-3-6-10-20)21-11-7-4-8-12-21/h3-16,18,23H,17H2,1-2H3,(H,26,28)/p+1/t18-/m1/s1. The zero-order chi connectivity index (χ0) is 19.9. The van der Waals surface area contributed by atoms with Crippen LogP contribution in [0.2, 0.25) is 5.02 Å². The second kappa shape index (κ2) is 9.54. The summed E-state index contributed by atoms with van der Waals surface area (Å²) in [5.41, 5.74) is 3.30. The number of nitrogens with one attached hydrogen (secondary N) is 2. The summed E-state index contributed by atoms with van der Waals surface area (Å²) in [6, 6.07) is 27.6. The van der Waals surface area contributed by atoms with Crippen LogP contribution in [0.5, 0.6) is 0 Å². The number of rotatable bonds is 7. The Kier molecular flexibility index (Phi) is 6.85. The van der Waals surface area contributed by atoms with Crippen molar-refractivity contribution in [3.63, 3.8) is 0 Å². The van der Waals surface area contributed by atoms with E-state index in [-0.39, 0.29) is 18.0 Å². The van der Waals surface area contributed by atoms with Gasteiger partial charge in [0.05, 0.1) is 13.1 Å². The van der Waals surface area contributed by atoms with E-state index in [0.717, 1.165) is 33.2 Å². The van der Waals surface area contributed by atoms with Crippen LogP contribution in [0.25, 0.3) is 0 Å². The van der Waals surface area contributed by atoms with E-state index in [0.29, 0.717) is 0 Å². The lowest BCUT2D eigenvalue weighted by Gasteiger charge is -2.25. The Morgan fingerprint density at radius 2 is 1.39 bits per heavy atom. The highest BCUT2D eigenvalue weighted by Gasteiger charge is 2.25. The van der Waals surface area contributed by atoms with Crippen LogP contribution < -0.4 is 10.2 Å². The average Bonchev–Trinajstić information content (AvgIpc) is 2.74. The third-order valence-corrected chi connectivity index (χ3v) is 5.33. The van der Waals surface area contributed by atoms with E-state index < -0.39 is 0 Å². The second-order valence-corrected chi connectivity index (χ2v) is 7.57. The monoisotopic (exact) mass is 393 g/mol. The van der Waals surface area contributed by atoms with Crippen molar-refractivity contribution in [2.24, 2.45) is 0 Å². The van der Waals surface area contributed by atoms with Crippen LogP contribution in [0.4, 0.5) is 0 Å². The van der Waals surface area contributed by atoms with Crippen LogP contribution in [-0.4, -0.2) is 19.0 Å². The number of halogens is 1. The first-order valence-corrected chi connectivity index (χ1v) is 9.89. The van der Waals surface area contributed by atoms with E-state index >= 15 is 0 Å². The van der Waals surface area contributed by atoms with E-state index in [1.165, 1.54) is 0 Å². The molecule has 3 aromatic rings. The van der Waals surface area contributed by atoms with Crippen LogP contribution in [0, 0.1) is 0 Å². The van der Waals surface area contributed by atoms with E-state index in [1.54, 1.807) is 0 Å². The Labute approximate surface area is 172 Å². The fourth-order valence-corrected chi connectivity index (χ4v) is 3.34. The van der Waals surface area contributed by atoms with Crippen molar-refractivity contribution in [2.45, 2.75) is 25.6 Å². The van der Waals surface area contributed by atoms with Gasteiger partial charge in [0.25, 0.3) is 5.91 Å². The third kappa shape index (κ3) is 5.22. The van der Waals surface area contributed by atoms with Crippen LogP contribution in [0.1, 0.15) is 29.7 Å². The summed E-state index contributed by atoms with van der Waals surface area (Å²) in [6.07, 6.45) is 0. The fourth-order valence-electron chi connectivity index (χ4n) is 3.22. The molecular formula is C24H26ClN2O+. The molecule has 4 heteroatoms. The van der Waals surface area contributed by atoms with E-state index in [1.807, 2.05) is 98.9 Å². The molecule has 0 heterocycles. The molecule has 0 bridgehead atoms. The molecule has 0 radical (unpaired) electrons. The van der Waals surface area contributed by atoms with Gasteiger partial charge in [0, 0.05) is 10.6 Å². The molecule has 0 fully saturated rings. The number of benzene rings is 3. The molecule has 28 heavy (non-hydrogen) atoms. The SMILES string of the molecule is C[C@H](C(=O)NC(c1ccccc1)c1ccccc1)[NH+](C)Cc1ccc(Cl)cc1. The summed E-state index contributed by atoms with van der Waals surface area (Å²) < 4.78 is 0. The molecule has 0 aliphatic rings. The molecule has 3 rings (SSSR count). The molecule has 0 aliphatic heterocycles. The minimum atomic E-state index is -0.189. The summed E-state index contributed by atoms with van der Waals surface area (Å²) in [6.45, 7) is 2.72. The minimum absolute atomic E-state index is 0.0316. The van der Waals surface area contributed by atoms with E-state index in [9.17, 15) is 4.79 Å². The predicted octanol–water partition coefficient (Wildman–Crippen LogP) is 3.65. The van der Waals surface area contributed by atoms with E-state index in [2.05, 4.69) is 5.32 Å². The van der Waals surface area contributed by atoms with Gasteiger partial charge in [-0.15, -0.1) is 0 Å². The van der Waals surface area contributed by atoms with Crippen molar-refractivity contribution in [3.05, 3.63) is 107 Å². The molecule has 3 aromatic carbocycles. The number of carbonyl (C=O) groups is 1. The number of carbonyl (C=O) groups excluding carboxylic acids is 1. The van der Waals surface area contributed by atoms with Crippen molar-refractivity contribution in [1.29, 1.82) is 0 Å². The first kappa shape index (κ1) is 20.1. The molecule has 0 saturated heterocycles. The number of hydrogen-bond donors (Lipinski definition) is 2. The number of amides is 1. The maximum Gasteiger partial charge on any atom is 0.278 e. The van der Waals surface area contributed by atoms with Crippen molar-refractivity contribution in [2.75, 3.05) is 7.05 Å². The largest absolute Gasteiger partial charge is 0.340 e. The Morgan fingerprint density at radius 3 is 1.89 bits per heavy atom. The zero-order valence-corrected chi connectivity index (χ0v) is 17.0. The van der Waals surface area contributed by atoms with Gasteiger partial charge in [0.1, 0.15) is 6.54 Å². The molecule has 2 N–H and O–H groups in total. The molecule has 0 spiro atoms. The van der Waals surface area contributed by atoms with Gasteiger partial charge in [-0.05, 0) is 30.2 Å². The summed E-state index contributed by atoms with van der Waals surface area (Å²) in [5, 5.41) is 3.97.